The number of ether oxygens (including phenoxy) is 2. The van der Waals surface area contributed by atoms with E-state index in [1.54, 1.807) is 0 Å². The zero-order valence-corrected chi connectivity index (χ0v) is 9.40. The molecule has 15 heavy (non-hydrogen) atoms. The van der Waals surface area contributed by atoms with Crippen molar-refractivity contribution in [3.8, 4) is 0 Å². The van der Waals surface area contributed by atoms with Gasteiger partial charge in [-0.2, -0.15) is 0 Å². The van der Waals surface area contributed by atoms with Gasteiger partial charge in [-0.3, -0.25) is 0 Å². The van der Waals surface area contributed by atoms with E-state index in [-0.39, 0.29) is 6.10 Å². The second-order valence-electron chi connectivity index (χ2n) is 3.87. The van der Waals surface area contributed by atoms with Gasteiger partial charge in [-0.25, -0.2) is 4.98 Å². The van der Waals surface area contributed by atoms with Gasteiger partial charge in [0.1, 0.15) is 5.82 Å². The Morgan fingerprint density at radius 2 is 2.40 bits per heavy atom. The van der Waals surface area contributed by atoms with Gasteiger partial charge in [0.15, 0.2) is 0 Å². The maximum atomic E-state index is 5.62. The summed E-state index contributed by atoms with van der Waals surface area (Å²) in [4.78, 5) is 4.46. The molecule has 0 aliphatic carbocycles. The van der Waals surface area contributed by atoms with Crippen molar-refractivity contribution in [2.75, 3.05) is 19.8 Å². The lowest BCUT2D eigenvalue weighted by Crippen LogP contribution is -2.32. The standard InChI is InChI=1S/C11H18N2O2/c1-3-11-12-9(2)6-13(11)7-10-8-14-4-5-15-10/h6,10H,3-5,7-8H2,1-2H3/t10-/m0/s1. The maximum absolute atomic E-state index is 5.62. The van der Waals surface area contributed by atoms with Gasteiger partial charge in [0.05, 0.1) is 38.2 Å². The molecule has 2 heterocycles. The fourth-order valence-corrected chi connectivity index (χ4v) is 1.90. The third-order valence-electron chi connectivity index (χ3n) is 2.58. The molecule has 2 rings (SSSR count). The van der Waals surface area contributed by atoms with E-state index in [1.165, 1.54) is 0 Å². The highest BCUT2D eigenvalue weighted by atomic mass is 16.6. The number of hydrogen-bond donors (Lipinski definition) is 0. The van der Waals surface area contributed by atoms with Gasteiger partial charge in [-0.1, -0.05) is 6.92 Å². The molecule has 1 fully saturated rings. The summed E-state index contributed by atoms with van der Waals surface area (Å²) in [5.41, 5.74) is 1.07. The van der Waals surface area contributed by atoms with Crippen molar-refractivity contribution < 1.29 is 9.47 Å². The van der Waals surface area contributed by atoms with Gasteiger partial charge in [-0.05, 0) is 6.92 Å². The molecular formula is C11H18N2O2. The summed E-state index contributed by atoms with van der Waals surface area (Å²) in [6.07, 6.45) is 3.22. The molecule has 1 saturated heterocycles. The molecule has 1 aliphatic heterocycles. The van der Waals surface area contributed by atoms with E-state index in [9.17, 15) is 0 Å². The highest BCUT2D eigenvalue weighted by Gasteiger charge is 2.16. The van der Waals surface area contributed by atoms with E-state index < -0.39 is 0 Å². The average molecular weight is 210 g/mol. The SMILES string of the molecule is CCc1nc(C)cn1C[C@H]1COCCO1. The van der Waals surface area contributed by atoms with Gasteiger partial charge in [0.2, 0.25) is 0 Å². The Balaban J connectivity index is 2.02. The first kappa shape index (κ1) is 10.6. The van der Waals surface area contributed by atoms with Crippen LogP contribution in [0.5, 0.6) is 0 Å². The molecule has 1 aliphatic rings. The number of nitrogens with zero attached hydrogens (tertiary/aromatic N) is 2. The summed E-state index contributed by atoms with van der Waals surface area (Å²) in [6.45, 7) is 7.12. The van der Waals surface area contributed by atoms with Crippen LogP contribution in [0.3, 0.4) is 0 Å². The molecule has 84 valence electrons. The van der Waals surface area contributed by atoms with Gasteiger partial charge in [-0.15, -0.1) is 0 Å². The van der Waals surface area contributed by atoms with E-state index in [4.69, 9.17) is 9.47 Å². The highest BCUT2D eigenvalue weighted by Crippen LogP contribution is 2.09. The minimum atomic E-state index is 0.178. The minimum absolute atomic E-state index is 0.178. The van der Waals surface area contributed by atoms with Crippen LogP contribution in [-0.4, -0.2) is 35.5 Å². The molecule has 4 heteroatoms. The van der Waals surface area contributed by atoms with Crippen molar-refractivity contribution >= 4 is 0 Å². The Labute approximate surface area is 90.2 Å². The molecule has 0 amide bonds. The Bertz CT molecular complexity index is 316. The molecule has 0 radical (unpaired) electrons. The third-order valence-corrected chi connectivity index (χ3v) is 2.58. The maximum Gasteiger partial charge on any atom is 0.108 e. The molecule has 1 aromatic heterocycles. The molecule has 4 nitrogen and oxygen atoms in total. The monoisotopic (exact) mass is 210 g/mol. The van der Waals surface area contributed by atoms with Crippen LogP contribution < -0.4 is 0 Å². The summed E-state index contributed by atoms with van der Waals surface area (Å²) < 4.78 is 13.2. The van der Waals surface area contributed by atoms with Crippen LogP contribution in [0.15, 0.2) is 6.20 Å². The van der Waals surface area contributed by atoms with Gasteiger partial charge >= 0.3 is 0 Å². The van der Waals surface area contributed by atoms with Crippen molar-refractivity contribution in [2.45, 2.75) is 32.9 Å². The van der Waals surface area contributed by atoms with Crippen LogP contribution >= 0.6 is 0 Å². The van der Waals surface area contributed by atoms with Crippen LogP contribution in [-0.2, 0) is 22.4 Å². The quantitative estimate of drug-likeness (QED) is 0.751. The van der Waals surface area contributed by atoms with Crippen LogP contribution in [0.2, 0.25) is 0 Å². The predicted octanol–water partition coefficient (Wildman–Crippen LogP) is 1.17. The molecule has 0 saturated carbocycles. The fraction of sp³-hybridized carbons (Fsp3) is 0.727. The first-order chi connectivity index (χ1) is 7.29. The van der Waals surface area contributed by atoms with E-state index >= 15 is 0 Å². The van der Waals surface area contributed by atoms with E-state index in [1.807, 2.05) is 6.92 Å². The third kappa shape index (κ3) is 2.58. The van der Waals surface area contributed by atoms with Crippen molar-refractivity contribution in [1.82, 2.24) is 9.55 Å². The Kier molecular flexibility index (Phi) is 3.38. The van der Waals surface area contributed by atoms with Gasteiger partial charge in [0, 0.05) is 12.6 Å². The van der Waals surface area contributed by atoms with Crippen molar-refractivity contribution in [3.05, 3.63) is 17.7 Å². The van der Waals surface area contributed by atoms with E-state index in [0.717, 1.165) is 31.1 Å². The van der Waals surface area contributed by atoms with Crippen LogP contribution in [0.1, 0.15) is 18.4 Å². The molecular weight excluding hydrogens is 192 g/mol. The Hall–Kier alpha value is -0.870. The lowest BCUT2D eigenvalue weighted by molar-refractivity contribution is -0.0938. The minimum Gasteiger partial charge on any atom is -0.376 e. The largest absolute Gasteiger partial charge is 0.376 e. The van der Waals surface area contributed by atoms with Gasteiger partial charge < -0.3 is 14.0 Å². The van der Waals surface area contributed by atoms with Crippen LogP contribution in [0, 0.1) is 6.92 Å². The summed E-state index contributed by atoms with van der Waals surface area (Å²) >= 11 is 0. The first-order valence-electron chi connectivity index (χ1n) is 5.51. The fourth-order valence-electron chi connectivity index (χ4n) is 1.90. The Morgan fingerprint density at radius 3 is 3.07 bits per heavy atom. The number of aryl methyl sites for hydroxylation is 2. The summed E-state index contributed by atoms with van der Waals surface area (Å²) in [7, 11) is 0. The van der Waals surface area contributed by atoms with E-state index in [0.29, 0.717) is 13.2 Å². The molecule has 0 bridgehead atoms. The number of aromatic nitrogens is 2. The second kappa shape index (κ2) is 4.77. The topological polar surface area (TPSA) is 36.3 Å². The predicted molar refractivity (Wildman–Crippen MR) is 56.9 cm³/mol. The number of rotatable bonds is 3. The van der Waals surface area contributed by atoms with Gasteiger partial charge in [0.25, 0.3) is 0 Å². The lowest BCUT2D eigenvalue weighted by atomic mass is 10.3. The number of hydrogen-bond acceptors (Lipinski definition) is 3. The van der Waals surface area contributed by atoms with Crippen molar-refractivity contribution in [2.24, 2.45) is 0 Å². The zero-order valence-electron chi connectivity index (χ0n) is 9.40. The van der Waals surface area contributed by atoms with E-state index in [2.05, 4.69) is 22.7 Å². The highest BCUT2D eigenvalue weighted by molar-refractivity contribution is 5.02. The average Bonchev–Trinajstić information content (AvgIpc) is 2.60. The molecule has 0 spiro atoms. The lowest BCUT2D eigenvalue weighted by Gasteiger charge is -2.23. The van der Waals surface area contributed by atoms with Crippen LogP contribution in [0.25, 0.3) is 0 Å². The summed E-state index contributed by atoms with van der Waals surface area (Å²) in [6, 6.07) is 0. The van der Waals surface area contributed by atoms with Crippen LogP contribution in [0.4, 0.5) is 0 Å². The first-order valence-corrected chi connectivity index (χ1v) is 5.51. The summed E-state index contributed by atoms with van der Waals surface area (Å²) in [5.74, 6) is 1.13. The summed E-state index contributed by atoms with van der Waals surface area (Å²) in [5, 5.41) is 0. The molecule has 0 unspecified atom stereocenters. The molecule has 0 N–H and O–H groups in total. The smallest absolute Gasteiger partial charge is 0.108 e. The zero-order chi connectivity index (χ0) is 10.7. The second-order valence-corrected chi connectivity index (χ2v) is 3.87. The normalized spacial score (nSPS) is 21.9. The molecule has 1 atom stereocenters. The Morgan fingerprint density at radius 1 is 1.53 bits per heavy atom. The molecule has 1 aromatic rings. The molecule has 0 aromatic carbocycles. The number of imidazole rings is 1. The van der Waals surface area contributed by atoms with Crippen molar-refractivity contribution in [3.63, 3.8) is 0 Å². The van der Waals surface area contributed by atoms with Crippen molar-refractivity contribution in [1.29, 1.82) is 0 Å².